The standard InChI is InChI=1S/C18H15N5O2S/c1-12-19-9-17(26-12)16-7-15(22-25-16)18(24)21-14-8-20-23(11-14)10-13-5-3-2-4-6-13/h2-9,11H,10H2,1H3,(H,21,24). The molecule has 0 bridgehead atoms. The van der Waals surface area contributed by atoms with E-state index in [2.05, 4.69) is 20.6 Å². The summed E-state index contributed by atoms with van der Waals surface area (Å²) in [5.41, 5.74) is 1.94. The fourth-order valence-electron chi connectivity index (χ4n) is 2.45. The third kappa shape index (κ3) is 3.55. The van der Waals surface area contributed by atoms with E-state index in [9.17, 15) is 4.79 Å². The second kappa shape index (κ2) is 6.93. The molecule has 0 spiro atoms. The zero-order chi connectivity index (χ0) is 17.9. The van der Waals surface area contributed by atoms with Gasteiger partial charge in [-0.3, -0.25) is 9.48 Å². The number of anilines is 1. The first-order valence-corrected chi connectivity index (χ1v) is 8.76. The minimum atomic E-state index is -0.347. The van der Waals surface area contributed by atoms with Gasteiger partial charge in [0.15, 0.2) is 11.5 Å². The number of aromatic nitrogens is 4. The van der Waals surface area contributed by atoms with E-state index in [1.165, 1.54) is 11.3 Å². The Hall–Kier alpha value is -3.26. The SMILES string of the molecule is Cc1ncc(-c2cc(C(=O)Nc3cnn(Cc4ccccc4)c3)no2)s1. The molecule has 0 saturated heterocycles. The lowest BCUT2D eigenvalue weighted by Crippen LogP contribution is -2.11. The summed E-state index contributed by atoms with van der Waals surface area (Å²) in [7, 11) is 0. The van der Waals surface area contributed by atoms with Gasteiger partial charge in [-0.05, 0) is 12.5 Å². The number of nitrogens with one attached hydrogen (secondary N) is 1. The van der Waals surface area contributed by atoms with Gasteiger partial charge in [-0.1, -0.05) is 35.5 Å². The molecule has 0 atom stereocenters. The van der Waals surface area contributed by atoms with E-state index in [1.807, 2.05) is 37.3 Å². The highest BCUT2D eigenvalue weighted by Gasteiger charge is 2.16. The molecule has 130 valence electrons. The highest BCUT2D eigenvalue weighted by Crippen LogP contribution is 2.26. The summed E-state index contributed by atoms with van der Waals surface area (Å²) in [5.74, 6) is 0.182. The number of benzene rings is 1. The van der Waals surface area contributed by atoms with Crippen molar-refractivity contribution >= 4 is 22.9 Å². The maximum atomic E-state index is 12.3. The van der Waals surface area contributed by atoms with Crippen LogP contribution in [-0.4, -0.2) is 25.8 Å². The van der Waals surface area contributed by atoms with Crippen LogP contribution in [0.25, 0.3) is 10.6 Å². The Bertz CT molecular complexity index is 1030. The number of hydrogen-bond donors (Lipinski definition) is 1. The van der Waals surface area contributed by atoms with E-state index in [-0.39, 0.29) is 11.6 Å². The van der Waals surface area contributed by atoms with Crippen molar-refractivity contribution in [1.82, 2.24) is 19.9 Å². The molecule has 4 aromatic rings. The van der Waals surface area contributed by atoms with Gasteiger partial charge >= 0.3 is 0 Å². The molecule has 26 heavy (non-hydrogen) atoms. The lowest BCUT2D eigenvalue weighted by molar-refractivity contribution is 0.101. The Morgan fingerprint density at radius 3 is 2.88 bits per heavy atom. The molecular formula is C18H15N5O2S. The second-order valence-corrected chi connectivity index (χ2v) is 6.92. The van der Waals surface area contributed by atoms with Crippen molar-refractivity contribution in [1.29, 1.82) is 0 Å². The van der Waals surface area contributed by atoms with Gasteiger partial charge in [0.25, 0.3) is 5.91 Å². The van der Waals surface area contributed by atoms with Crippen LogP contribution in [0.3, 0.4) is 0 Å². The van der Waals surface area contributed by atoms with Crippen LogP contribution in [0, 0.1) is 6.92 Å². The summed E-state index contributed by atoms with van der Waals surface area (Å²) in [6, 6.07) is 11.6. The van der Waals surface area contributed by atoms with Crippen LogP contribution in [0.2, 0.25) is 0 Å². The van der Waals surface area contributed by atoms with E-state index in [1.54, 1.807) is 29.3 Å². The van der Waals surface area contributed by atoms with Crippen molar-refractivity contribution in [3.05, 3.63) is 71.3 Å². The van der Waals surface area contributed by atoms with Crippen LogP contribution < -0.4 is 5.32 Å². The number of thiazole rings is 1. The summed E-state index contributed by atoms with van der Waals surface area (Å²) in [6.45, 7) is 2.54. The second-order valence-electron chi connectivity index (χ2n) is 5.69. The van der Waals surface area contributed by atoms with Gasteiger partial charge in [-0.2, -0.15) is 5.10 Å². The maximum absolute atomic E-state index is 12.3. The van der Waals surface area contributed by atoms with Crippen molar-refractivity contribution in [3.8, 4) is 10.6 Å². The Labute approximate surface area is 153 Å². The first-order chi connectivity index (χ1) is 12.7. The van der Waals surface area contributed by atoms with Crippen molar-refractivity contribution < 1.29 is 9.32 Å². The van der Waals surface area contributed by atoms with Crippen molar-refractivity contribution in [2.45, 2.75) is 13.5 Å². The average Bonchev–Trinajstić information content (AvgIpc) is 3.37. The molecule has 0 aliphatic heterocycles. The fraction of sp³-hybridized carbons (Fsp3) is 0.111. The Balaban J connectivity index is 1.43. The van der Waals surface area contributed by atoms with Crippen LogP contribution >= 0.6 is 11.3 Å². The minimum absolute atomic E-state index is 0.210. The van der Waals surface area contributed by atoms with Gasteiger partial charge in [0.2, 0.25) is 0 Å². The Kier molecular flexibility index (Phi) is 4.32. The summed E-state index contributed by atoms with van der Waals surface area (Å²) >= 11 is 1.48. The van der Waals surface area contributed by atoms with Crippen molar-refractivity contribution in [3.63, 3.8) is 0 Å². The first-order valence-electron chi connectivity index (χ1n) is 7.94. The van der Waals surface area contributed by atoms with Gasteiger partial charge in [-0.25, -0.2) is 4.98 Å². The van der Waals surface area contributed by atoms with Crippen LogP contribution in [0.15, 0.2) is 59.5 Å². The lowest BCUT2D eigenvalue weighted by Gasteiger charge is -2.01. The molecule has 3 heterocycles. The molecule has 8 heteroatoms. The number of carbonyl (C=O) groups is 1. The van der Waals surface area contributed by atoms with Gasteiger partial charge in [0.05, 0.1) is 28.3 Å². The monoisotopic (exact) mass is 365 g/mol. The number of hydrogen-bond acceptors (Lipinski definition) is 6. The summed E-state index contributed by atoms with van der Waals surface area (Å²) in [6.07, 6.45) is 5.09. The quantitative estimate of drug-likeness (QED) is 0.584. The molecule has 0 aliphatic rings. The molecule has 0 saturated carbocycles. The molecule has 4 rings (SSSR count). The molecule has 0 fully saturated rings. The van der Waals surface area contributed by atoms with Gasteiger partial charge in [0.1, 0.15) is 0 Å². The molecule has 7 nitrogen and oxygen atoms in total. The smallest absolute Gasteiger partial charge is 0.277 e. The molecule has 0 unspecified atom stereocenters. The lowest BCUT2D eigenvalue weighted by atomic mass is 10.2. The van der Waals surface area contributed by atoms with E-state index in [4.69, 9.17) is 4.52 Å². The van der Waals surface area contributed by atoms with Gasteiger partial charge in [-0.15, -0.1) is 11.3 Å². The zero-order valence-corrected chi connectivity index (χ0v) is 14.7. The molecule has 0 radical (unpaired) electrons. The van der Waals surface area contributed by atoms with E-state index < -0.39 is 0 Å². The predicted molar refractivity (Wildman–Crippen MR) is 98.1 cm³/mol. The van der Waals surface area contributed by atoms with Gasteiger partial charge in [0, 0.05) is 18.5 Å². The van der Waals surface area contributed by atoms with E-state index >= 15 is 0 Å². The number of rotatable bonds is 5. The average molecular weight is 365 g/mol. The minimum Gasteiger partial charge on any atom is -0.355 e. The summed E-state index contributed by atoms with van der Waals surface area (Å²) < 4.78 is 7.01. The Morgan fingerprint density at radius 2 is 2.12 bits per heavy atom. The van der Waals surface area contributed by atoms with Crippen LogP contribution in [-0.2, 0) is 6.54 Å². The van der Waals surface area contributed by atoms with E-state index in [0.29, 0.717) is 18.0 Å². The fourth-order valence-corrected chi connectivity index (χ4v) is 3.18. The Morgan fingerprint density at radius 1 is 1.27 bits per heavy atom. The molecule has 1 amide bonds. The third-order valence-electron chi connectivity index (χ3n) is 3.69. The molecular weight excluding hydrogens is 350 g/mol. The molecule has 1 aromatic carbocycles. The first kappa shape index (κ1) is 16.2. The summed E-state index contributed by atoms with van der Waals surface area (Å²) in [4.78, 5) is 17.4. The van der Waals surface area contributed by atoms with Crippen LogP contribution in [0.1, 0.15) is 21.1 Å². The van der Waals surface area contributed by atoms with Crippen LogP contribution in [0.4, 0.5) is 5.69 Å². The zero-order valence-electron chi connectivity index (χ0n) is 13.9. The molecule has 1 N–H and O–H groups in total. The van der Waals surface area contributed by atoms with Crippen LogP contribution in [0.5, 0.6) is 0 Å². The van der Waals surface area contributed by atoms with Crippen molar-refractivity contribution in [2.24, 2.45) is 0 Å². The predicted octanol–water partition coefficient (Wildman–Crippen LogP) is 3.60. The number of aryl methyl sites for hydroxylation is 1. The normalized spacial score (nSPS) is 10.8. The topological polar surface area (TPSA) is 85.8 Å². The van der Waals surface area contributed by atoms with Gasteiger partial charge < -0.3 is 9.84 Å². The highest BCUT2D eigenvalue weighted by molar-refractivity contribution is 7.15. The number of carbonyl (C=O) groups excluding carboxylic acids is 1. The summed E-state index contributed by atoms with van der Waals surface area (Å²) in [5, 5.41) is 11.8. The van der Waals surface area contributed by atoms with Crippen molar-refractivity contribution in [2.75, 3.05) is 5.32 Å². The molecule has 3 aromatic heterocycles. The molecule has 0 aliphatic carbocycles. The third-order valence-corrected chi connectivity index (χ3v) is 4.61. The number of nitrogens with zero attached hydrogens (tertiary/aromatic N) is 4. The number of amides is 1. The van der Waals surface area contributed by atoms with E-state index in [0.717, 1.165) is 15.4 Å². The maximum Gasteiger partial charge on any atom is 0.277 e. The highest BCUT2D eigenvalue weighted by atomic mass is 32.1. The largest absolute Gasteiger partial charge is 0.355 e.